The molecule has 0 radical (unpaired) electrons. The van der Waals surface area contributed by atoms with Gasteiger partial charge in [0.25, 0.3) is 5.89 Å². The number of imidazole rings is 1. The number of carbonyl (C=O) groups excluding carboxylic acids is 1. The summed E-state index contributed by atoms with van der Waals surface area (Å²) in [6.45, 7) is 0.307. The number of nitrogens with zero attached hydrogens (tertiary/aromatic N) is 5. The van der Waals surface area contributed by atoms with Crippen LogP contribution < -0.4 is 0 Å². The fourth-order valence-electron chi connectivity index (χ4n) is 3.65. The summed E-state index contributed by atoms with van der Waals surface area (Å²) in [5.41, 5.74) is 0.714. The van der Waals surface area contributed by atoms with Gasteiger partial charge in [-0.1, -0.05) is 0 Å². The summed E-state index contributed by atoms with van der Waals surface area (Å²) >= 11 is 0. The highest BCUT2D eigenvalue weighted by molar-refractivity contribution is 5.90. The summed E-state index contributed by atoms with van der Waals surface area (Å²) < 4.78 is 46.5. The fraction of sp³-hybridized carbons (Fsp3) is 0.222. The second-order valence-electron chi connectivity index (χ2n) is 6.57. The van der Waals surface area contributed by atoms with Gasteiger partial charge in [-0.25, -0.2) is 14.5 Å². The van der Waals surface area contributed by atoms with Crippen molar-refractivity contribution in [2.24, 2.45) is 0 Å². The summed E-state index contributed by atoms with van der Waals surface area (Å²) in [7, 11) is 0. The van der Waals surface area contributed by atoms with Gasteiger partial charge in [-0.15, -0.1) is 0 Å². The highest BCUT2D eigenvalue weighted by atomic mass is 19.4. The van der Waals surface area contributed by atoms with Crippen LogP contribution in [0.25, 0.3) is 5.52 Å². The molecule has 1 atom stereocenters. The van der Waals surface area contributed by atoms with Gasteiger partial charge in [0.2, 0.25) is 0 Å². The number of H-pyrrole nitrogens is 1. The molecule has 0 aromatic carbocycles. The first-order chi connectivity index (χ1) is 13.9. The number of nitrogens with one attached hydrogen (secondary N) is 1. The second-order valence-corrected chi connectivity index (χ2v) is 6.57. The van der Waals surface area contributed by atoms with E-state index in [0.29, 0.717) is 18.7 Å². The molecule has 148 valence electrons. The van der Waals surface area contributed by atoms with Crippen LogP contribution in [-0.2, 0) is 12.6 Å². The molecule has 0 spiro atoms. The normalized spacial score (nSPS) is 16.9. The highest BCUT2D eigenvalue weighted by Gasteiger charge is 2.39. The average Bonchev–Trinajstić information content (AvgIpc) is 3.45. The molecule has 1 aliphatic rings. The zero-order valence-corrected chi connectivity index (χ0v) is 14.7. The first-order valence-electron chi connectivity index (χ1n) is 8.71. The number of aromatic nitrogens is 5. The van der Waals surface area contributed by atoms with Crippen molar-refractivity contribution >= 4 is 11.4 Å². The molecule has 0 aliphatic carbocycles. The van der Waals surface area contributed by atoms with Gasteiger partial charge >= 0.3 is 12.1 Å². The maximum Gasteiger partial charge on any atom is 0.418 e. The molecule has 0 saturated heterocycles. The zero-order chi connectivity index (χ0) is 20.2. The van der Waals surface area contributed by atoms with Gasteiger partial charge in [0.1, 0.15) is 12.3 Å². The minimum absolute atomic E-state index is 0.0961. The molecule has 29 heavy (non-hydrogen) atoms. The van der Waals surface area contributed by atoms with E-state index in [1.807, 2.05) is 0 Å². The van der Waals surface area contributed by atoms with Crippen LogP contribution in [0.1, 0.15) is 39.4 Å². The minimum Gasteiger partial charge on any atom is -0.441 e. The van der Waals surface area contributed by atoms with Crippen LogP contribution in [-0.4, -0.2) is 41.9 Å². The Kier molecular flexibility index (Phi) is 3.73. The van der Waals surface area contributed by atoms with Gasteiger partial charge in [0, 0.05) is 24.9 Å². The second kappa shape index (κ2) is 6.19. The van der Waals surface area contributed by atoms with Gasteiger partial charge < -0.3 is 14.3 Å². The molecule has 4 aromatic heterocycles. The molecule has 11 heteroatoms. The minimum atomic E-state index is -4.53. The van der Waals surface area contributed by atoms with Crippen molar-refractivity contribution in [2.75, 3.05) is 6.54 Å². The molecule has 4 aromatic rings. The van der Waals surface area contributed by atoms with Crippen LogP contribution in [0.5, 0.6) is 0 Å². The Labute approximate surface area is 161 Å². The van der Waals surface area contributed by atoms with E-state index >= 15 is 0 Å². The first-order valence-corrected chi connectivity index (χ1v) is 8.71. The van der Waals surface area contributed by atoms with Gasteiger partial charge in [-0.3, -0.25) is 4.79 Å². The standard InChI is InChI=1S/C18H13F3N6O2/c19-18(20,21)10-2-1-5-27-13(10)8-12(25-27)15-14-11(23-9-24-14)3-6-26(15)17(28)16-22-4-7-29-16/h1-2,4-5,7-9,15H,3,6H2,(H,23,24)/t15-/m0/s1. The van der Waals surface area contributed by atoms with Crippen LogP contribution in [0.15, 0.2) is 47.6 Å². The molecule has 1 amide bonds. The molecular weight excluding hydrogens is 389 g/mol. The molecule has 8 nitrogen and oxygen atoms in total. The van der Waals surface area contributed by atoms with Crippen LogP contribution in [0.2, 0.25) is 0 Å². The Morgan fingerprint density at radius 2 is 2.17 bits per heavy atom. The molecule has 1 N–H and O–H groups in total. The van der Waals surface area contributed by atoms with E-state index in [-0.39, 0.29) is 17.1 Å². The zero-order valence-electron chi connectivity index (χ0n) is 14.7. The van der Waals surface area contributed by atoms with E-state index < -0.39 is 23.7 Å². The van der Waals surface area contributed by atoms with Crippen LogP contribution in [0.3, 0.4) is 0 Å². The number of aromatic amines is 1. The Balaban J connectivity index is 1.66. The van der Waals surface area contributed by atoms with Crippen molar-refractivity contribution in [1.29, 1.82) is 0 Å². The molecule has 5 rings (SSSR count). The van der Waals surface area contributed by atoms with Crippen LogP contribution >= 0.6 is 0 Å². The Morgan fingerprint density at radius 3 is 2.93 bits per heavy atom. The molecule has 0 unspecified atom stereocenters. The van der Waals surface area contributed by atoms with Crippen molar-refractivity contribution < 1.29 is 22.4 Å². The van der Waals surface area contributed by atoms with Crippen molar-refractivity contribution in [3.63, 3.8) is 0 Å². The number of hydrogen-bond acceptors (Lipinski definition) is 5. The average molecular weight is 402 g/mol. The predicted molar refractivity (Wildman–Crippen MR) is 91.9 cm³/mol. The lowest BCUT2D eigenvalue weighted by Gasteiger charge is -2.32. The number of rotatable bonds is 2. The third-order valence-corrected chi connectivity index (χ3v) is 4.91. The summed E-state index contributed by atoms with van der Waals surface area (Å²) in [6.07, 6.45) is 1.55. The molecule has 0 bridgehead atoms. The number of hydrogen-bond donors (Lipinski definition) is 1. The largest absolute Gasteiger partial charge is 0.441 e. The van der Waals surface area contributed by atoms with Crippen molar-refractivity contribution in [3.8, 4) is 0 Å². The van der Waals surface area contributed by atoms with Crippen molar-refractivity contribution in [2.45, 2.75) is 18.6 Å². The maximum absolute atomic E-state index is 13.4. The third-order valence-electron chi connectivity index (χ3n) is 4.91. The lowest BCUT2D eigenvalue weighted by atomic mass is 9.99. The number of carbonyl (C=O) groups is 1. The third kappa shape index (κ3) is 2.77. The van der Waals surface area contributed by atoms with Crippen LogP contribution in [0.4, 0.5) is 13.2 Å². The molecular formula is C18H13F3N6O2. The topological polar surface area (TPSA) is 92.3 Å². The van der Waals surface area contributed by atoms with Gasteiger partial charge in [-0.2, -0.15) is 18.3 Å². The van der Waals surface area contributed by atoms with Gasteiger partial charge in [0.15, 0.2) is 0 Å². The van der Waals surface area contributed by atoms with E-state index in [9.17, 15) is 18.0 Å². The quantitative estimate of drug-likeness (QED) is 0.557. The first kappa shape index (κ1) is 17.5. The maximum atomic E-state index is 13.4. The number of fused-ring (bicyclic) bond motifs is 2. The number of pyridine rings is 1. The number of halogens is 3. The summed E-state index contributed by atoms with van der Waals surface area (Å²) in [5.74, 6) is -0.588. The van der Waals surface area contributed by atoms with Gasteiger partial charge in [-0.05, 0) is 18.2 Å². The Bertz CT molecular complexity index is 1190. The van der Waals surface area contributed by atoms with E-state index in [4.69, 9.17) is 4.42 Å². The van der Waals surface area contributed by atoms with E-state index in [0.717, 1.165) is 16.3 Å². The molecule has 0 saturated carbocycles. The molecule has 1 aliphatic heterocycles. The lowest BCUT2D eigenvalue weighted by molar-refractivity contribution is -0.136. The van der Waals surface area contributed by atoms with Crippen molar-refractivity contribution in [3.05, 3.63) is 71.7 Å². The smallest absolute Gasteiger partial charge is 0.418 e. The lowest BCUT2D eigenvalue weighted by Crippen LogP contribution is -2.41. The Hall–Kier alpha value is -3.63. The van der Waals surface area contributed by atoms with E-state index in [1.54, 1.807) is 0 Å². The Morgan fingerprint density at radius 1 is 1.31 bits per heavy atom. The van der Waals surface area contributed by atoms with Crippen molar-refractivity contribution in [1.82, 2.24) is 29.5 Å². The van der Waals surface area contributed by atoms with Gasteiger partial charge in [0.05, 0.1) is 35.0 Å². The summed E-state index contributed by atoms with van der Waals surface area (Å²) in [6, 6.07) is 2.85. The number of alkyl halides is 3. The highest BCUT2D eigenvalue weighted by Crippen LogP contribution is 2.37. The van der Waals surface area contributed by atoms with Crippen LogP contribution in [0, 0.1) is 0 Å². The summed E-state index contributed by atoms with van der Waals surface area (Å²) in [4.78, 5) is 25.6. The SMILES string of the molecule is O=C(c1ncco1)N1CCc2[nH]cnc2[C@@H]1c1cc2c(C(F)(F)F)cccn2n1. The summed E-state index contributed by atoms with van der Waals surface area (Å²) in [5, 5.41) is 4.32. The monoisotopic (exact) mass is 402 g/mol. The molecule has 5 heterocycles. The number of amides is 1. The fourth-order valence-corrected chi connectivity index (χ4v) is 3.65. The number of oxazole rings is 1. The predicted octanol–water partition coefficient (Wildman–Crippen LogP) is 2.85. The molecule has 0 fully saturated rings. The van der Waals surface area contributed by atoms with E-state index in [1.165, 1.54) is 42.0 Å². The van der Waals surface area contributed by atoms with E-state index in [2.05, 4.69) is 20.1 Å².